The van der Waals surface area contributed by atoms with Crippen LogP contribution >= 0.6 is 11.6 Å². The van der Waals surface area contributed by atoms with E-state index in [1.807, 2.05) is 0 Å². The molecule has 1 rings (SSSR count). The van der Waals surface area contributed by atoms with Crippen LogP contribution in [0.1, 0.15) is 11.9 Å². The topological polar surface area (TPSA) is 55.5 Å². The number of aliphatic hydroxyl groups excluding tert-OH is 1. The van der Waals surface area contributed by atoms with Crippen LogP contribution in [0, 0.1) is 0 Å². The van der Waals surface area contributed by atoms with Gasteiger partial charge in [-0.05, 0) is 12.1 Å². The average molecular weight is 188 g/mol. The highest BCUT2D eigenvalue weighted by atomic mass is 35.5. The molecule has 0 aliphatic heterocycles. The Hall–Kier alpha value is -0.770. The molecular weight excluding hydrogens is 178 g/mol. The van der Waals surface area contributed by atoms with E-state index in [1.54, 1.807) is 18.2 Å². The van der Waals surface area contributed by atoms with Crippen molar-refractivity contribution in [1.82, 2.24) is 0 Å². The second-order valence-electron chi connectivity index (χ2n) is 2.37. The van der Waals surface area contributed by atoms with Crippen LogP contribution < -0.4 is 5.73 Å². The molecule has 66 valence electrons. The summed E-state index contributed by atoms with van der Waals surface area (Å²) in [5.74, 6) is 0. The van der Waals surface area contributed by atoms with E-state index in [2.05, 4.69) is 4.74 Å². The highest BCUT2D eigenvalue weighted by Gasteiger charge is 2.06. The molecule has 0 aliphatic carbocycles. The number of hydrogen-bond donors (Lipinski definition) is 2. The van der Waals surface area contributed by atoms with Crippen molar-refractivity contribution >= 4 is 17.3 Å². The summed E-state index contributed by atoms with van der Waals surface area (Å²) >= 11 is 5.72. The minimum absolute atomic E-state index is 0.420. The fourth-order valence-electron chi connectivity index (χ4n) is 0.833. The van der Waals surface area contributed by atoms with Gasteiger partial charge in [0.25, 0.3) is 0 Å². The summed E-state index contributed by atoms with van der Waals surface area (Å²) in [6.07, 6.45) is -0.942. The first-order valence-corrected chi connectivity index (χ1v) is 3.78. The van der Waals surface area contributed by atoms with Crippen molar-refractivity contribution in [2.75, 3.05) is 12.8 Å². The number of nitrogen functional groups attached to an aromatic ring is 1. The van der Waals surface area contributed by atoms with Gasteiger partial charge in [-0.3, -0.25) is 0 Å². The third-order valence-electron chi connectivity index (χ3n) is 1.53. The lowest BCUT2D eigenvalue weighted by molar-refractivity contribution is -0.0769. The maximum Gasteiger partial charge on any atom is 0.180 e. The van der Waals surface area contributed by atoms with Gasteiger partial charge in [0, 0.05) is 12.7 Å². The maximum absolute atomic E-state index is 9.22. The molecule has 3 nitrogen and oxygen atoms in total. The van der Waals surface area contributed by atoms with Crippen LogP contribution in [0.3, 0.4) is 0 Å². The third kappa shape index (κ3) is 1.88. The van der Waals surface area contributed by atoms with Gasteiger partial charge in [0.15, 0.2) is 6.29 Å². The van der Waals surface area contributed by atoms with Gasteiger partial charge < -0.3 is 15.6 Å². The van der Waals surface area contributed by atoms with Crippen molar-refractivity contribution in [2.24, 2.45) is 0 Å². The Morgan fingerprint density at radius 2 is 2.25 bits per heavy atom. The highest BCUT2D eigenvalue weighted by Crippen LogP contribution is 2.23. The van der Waals surface area contributed by atoms with Crippen LogP contribution in [-0.4, -0.2) is 12.2 Å². The molecule has 0 amide bonds. The molecule has 0 spiro atoms. The quantitative estimate of drug-likeness (QED) is 0.546. The Morgan fingerprint density at radius 3 is 2.75 bits per heavy atom. The Balaban J connectivity index is 2.96. The molecule has 12 heavy (non-hydrogen) atoms. The van der Waals surface area contributed by atoms with Gasteiger partial charge in [0.2, 0.25) is 0 Å². The summed E-state index contributed by atoms with van der Waals surface area (Å²) in [6.45, 7) is 0. The predicted molar refractivity (Wildman–Crippen MR) is 47.8 cm³/mol. The van der Waals surface area contributed by atoms with E-state index >= 15 is 0 Å². The highest BCUT2D eigenvalue weighted by molar-refractivity contribution is 6.33. The van der Waals surface area contributed by atoms with E-state index in [0.29, 0.717) is 16.3 Å². The van der Waals surface area contributed by atoms with Gasteiger partial charge in [0.1, 0.15) is 0 Å². The second-order valence-corrected chi connectivity index (χ2v) is 2.78. The number of aliphatic hydroxyl groups is 1. The molecule has 0 heterocycles. The monoisotopic (exact) mass is 187 g/mol. The SMILES string of the molecule is COC(O)c1ccc(N)c(Cl)c1. The standard InChI is InChI=1S/C8H10ClNO2/c1-12-8(11)5-2-3-7(10)6(9)4-5/h2-4,8,11H,10H2,1H3. The number of benzene rings is 1. The average Bonchev–Trinajstić information content (AvgIpc) is 2.08. The van der Waals surface area contributed by atoms with E-state index < -0.39 is 6.29 Å². The van der Waals surface area contributed by atoms with Gasteiger partial charge in [0.05, 0.1) is 10.7 Å². The largest absolute Gasteiger partial charge is 0.398 e. The van der Waals surface area contributed by atoms with Crippen LogP contribution in [-0.2, 0) is 4.74 Å². The summed E-state index contributed by atoms with van der Waals surface area (Å²) in [4.78, 5) is 0. The Kier molecular flexibility index (Phi) is 2.92. The molecule has 4 heteroatoms. The van der Waals surface area contributed by atoms with Crippen LogP contribution in [0.2, 0.25) is 5.02 Å². The Labute approximate surface area is 75.7 Å². The van der Waals surface area contributed by atoms with Gasteiger partial charge in [-0.2, -0.15) is 0 Å². The first kappa shape index (κ1) is 9.32. The van der Waals surface area contributed by atoms with Crippen LogP contribution in [0.4, 0.5) is 5.69 Å². The summed E-state index contributed by atoms with van der Waals surface area (Å²) in [5.41, 5.74) is 6.56. The van der Waals surface area contributed by atoms with Crippen LogP contribution in [0.25, 0.3) is 0 Å². The normalized spacial score (nSPS) is 12.9. The van der Waals surface area contributed by atoms with Gasteiger partial charge >= 0.3 is 0 Å². The zero-order valence-corrected chi connectivity index (χ0v) is 7.38. The first-order valence-electron chi connectivity index (χ1n) is 3.41. The summed E-state index contributed by atoms with van der Waals surface area (Å²) < 4.78 is 4.69. The molecule has 1 aromatic carbocycles. The maximum atomic E-state index is 9.22. The van der Waals surface area contributed by atoms with Gasteiger partial charge in [-0.15, -0.1) is 0 Å². The number of methoxy groups -OCH3 is 1. The molecule has 0 aliphatic rings. The summed E-state index contributed by atoms with van der Waals surface area (Å²) in [6, 6.07) is 4.86. The molecule has 0 fully saturated rings. The smallest absolute Gasteiger partial charge is 0.180 e. The number of rotatable bonds is 2. The van der Waals surface area contributed by atoms with E-state index in [0.717, 1.165) is 0 Å². The molecule has 0 radical (unpaired) electrons. The number of halogens is 1. The lowest BCUT2D eigenvalue weighted by Crippen LogP contribution is -1.99. The minimum atomic E-state index is -0.942. The van der Waals surface area contributed by atoms with Crippen molar-refractivity contribution in [3.8, 4) is 0 Å². The van der Waals surface area contributed by atoms with Crippen LogP contribution in [0.5, 0.6) is 0 Å². The van der Waals surface area contributed by atoms with Gasteiger partial charge in [-0.1, -0.05) is 17.7 Å². The molecule has 0 saturated carbocycles. The van der Waals surface area contributed by atoms with Crippen molar-refractivity contribution < 1.29 is 9.84 Å². The van der Waals surface area contributed by atoms with E-state index in [9.17, 15) is 5.11 Å². The van der Waals surface area contributed by atoms with E-state index in [-0.39, 0.29) is 0 Å². The molecule has 3 N–H and O–H groups in total. The predicted octanol–water partition coefficient (Wildman–Crippen LogP) is 1.56. The first-order chi connectivity index (χ1) is 5.65. The third-order valence-corrected chi connectivity index (χ3v) is 1.86. The number of nitrogens with two attached hydrogens (primary N) is 1. The molecule has 1 unspecified atom stereocenters. The van der Waals surface area contributed by atoms with Crippen molar-refractivity contribution in [3.05, 3.63) is 28.8 Å². The Morgan fingerprint density at radius 1 is 1.58 bits per heavy atom. The lowest BCUT2D eigenvalue weighted by atomic mass is 10.2. The van der Waals surface area contributed by atoms with E-state index in [4.69, 9.17) is 17.3 Å². The fourth-order valence-corrected chi connectivity index (χ4v) is 1.02. The van der Waals surface area contributed by atoms with Gasteiger partial charge in [-0.25, -0.2) is 0 Å². The van der Waals surface area contributed by atoms with Crippen molar-refractivity contribution in [3.63, 3.8) is 0 Å². The molecule has 1 aromatic rings. The molecule has 1 atom stereocenters. The summed E-state index contributed by atoms with van der Waals surface area (Å²) in [5, 5.41) is 9.64. The van der Waals surface area contributed by atoms with E-state index in [1.165, 1.54) is 7.11 Å². The Bertz CT molecular complexity index is 278. The molecule has 0 aromatic heterocycles. The number of hydrogen-bond acceptors (Lipinski definition) is 3. The lowest BCUT2D eigenvalue weighted by Gasteiger charge is -2.09. The molecule has 0 bridgehead atoms. The second kappa shape index (κ2) is 3.76. The summed E-state index contributed by atoms with van der Waals surface area (Å²) in [7, 11) is 1.41. The van der Waals surface area contributed by atoms with Crippen molar-refractivity contribution in [2.45, 2.75) is 6.29 Å². The zero-order valence-electron chi connectivity index (χ0n) is 6.62. The zero-order chi connectivity index (χ0) is 9.14. The number of ether oxygens (including phenoxy) is 1. The number of anilines is 1. The molecular formula is C8H10ClNO2. The minimum Gasteiger partial charge on any atom is -0.398 e. The van der Waals surface area contributed by atoms with Crippen LogP contribution in [0.15, 0.2) is 18.2 Å². The fraction of sp³-hybridized carbons (Fsp3) is 0.250. The molecule has 0 saturated heterocycles. The van der Waals surface area contributed by atoms with Crippen molar-refractivity contribution in [1.29, 1.82) is 0 Å².